The SMILES string of the molecule is CC(CCCC1CCCCC1)C(C)C(N)CC(=O)O. The van der Waals surface area contributed by atoms with Gasteiger partial charge in [-0.05, 0) is 17.8 Å². The predicted molar refractivity (Wildman–Crippen MR) is 79.0 cm³/mol. The molecule has 112 valence electrons. The first-order valence-electron chi connectivity index (χ1n) is 7.98. The zero-order chi connectivity index (χ0) is 14.3. The smallest absolute Gasteiger partial charge is 0.304 e. The van der Waals surface area contributed by atoms with Crippen molar-refractivity contribution in [3.05, 3.63) is 0 Å². The fraction of sp³-hybridized carbons (Fsp3) is 0.938. The van der Waals surface area contributed by atoms with Crippen molar-refractivity contribution >= 4 is 5.97 Å². The lowest BCUT2D eigenvalue weighted by molar-refractivity contribution is -0.137. The summed E-state index contributed by atoms with van der Waals surface area (Å²) in [6.45, 7) is 4.31. The second kappa shape index (κ2) is 8.57. The summed E-state index contributed by atoms with van der Waals surface area (Å²) >= 11 is 0. The molecule has 0 radical (unpaired) electrons. The molecule has 3 atom stereocenters. The van der Waals surface area contributed by atoms with Crippen LogP contribution in [0.2, 0.25) is 0 Å². The van der Waals surface area contributed by atoms with E-state index < -0.39 is 5.97 Å². The van der Waals surface area contributed by atoms with Gasteiger partial charge in [-0.1, -0.05) is 65.2 Å². The number of carbonyl (C=O) groups is 1. The highest BCUT2D eigenvalue weighted by Gasteiger charge is 2.22. The molecule has 3 unspecified atom stereocenters. The lowest BCUT2D eigenvalue weighted by atomic mass is 9.81. The van der Waals surface area contributed by atoms with Crippen molar-refractivity contribution in [3.8, 4) is 0 Å². The quantitative estimate of drug-likeness (QED) is 0.704. The molecule has 1 rings (SSSR count). The third kappa shape index (κ3) is 6.42. The van der Waals surface area contributed by atoms with Gasteiger partial charge >= 0.3 is 5.97 Å². The van der Waals surface area contributed by atoms with Crippen molar-refractivity contribution in [1.82, 2.24) is 0 Å². The van der Waals surface area contributed by atoms with Gasteiger partial charge in [0.05, 0.1) is 6.42 Å². The first-order chi connectivity index (χ1) is 9.00. The standard InChI is InChI=1S/C16H31NO2/c1-12(13(2)15(17)11-16(18)19)7-6-10-14-8-4-3-5-9-14/h12-15H,3-11,17H2,1-2H3,(H,18,19). The molecule has 1 aliphatic carbocycles. The van der Waals surface area contributed by atoms with Crippen molar-refractivity contribution in [2.75, 3.05) is 0 Å². The van der Waals surface area contributed by atoms with Gasteiger partial charge in [0.25, 0.3) is 0 Å². The Bertz CT molecular complexity index is 261. The highest BCUT2D eigenvalue weighted by molar-refractivity contribution is 5.67. The molecule has 3 N–H and O–H groups in total. The van der Waals surface area contributed by atoms with Crippen LogP contribution in [0.1, 0.15) is 71.6 Å². The molecule has 0 bridgehead atoms. The molecule has 3 nitrogen and oxygen atoms in total. The average molecular weight is 269 g/mol. The van der Waals surface area contributed by atoms with Crippen molar-refractivity contribution in [2.45, 2.75) is 77.7 Å². The minimum Gasteiger partial charge on any atom is -0.481 e. The summed E-state index contributed by atoms with van der Waals surface area (Å²) in [5, 5.41) is 8.78. The highest BCUT2D eigenvalue weighted by atomic mass is 16.4. The molecule has 0 saturated heterocycles. The zero-order valence-electron chi connectivity index (χ0n) is 12.6. The van der Waals surface area contributed by atoms with E-state index in [-0.39, 0.29) is 12.5 Å². The van der Waals surface area contributed by atoms with Crippen LogP contribution in [0.15, 0.2) is 0 Å². The van der Waals surface area contributed by atoms with Crippen molar-refractivity contribution < 1.29 is 9.90 Å². The van der Waals surface area contributed by atoms with Gasteiger partial charge in [0.2, 0.25) is 0 Å². The summed E-state index contributed by atoms with van der Waals surface area (Å²) in [7, 11) is 0. The fourth-order valence-electron chi connectivity index (χ4n) is 3.28. The number of rotatable bonds is 8. The number of nitrogens with two attached hydrogens (primary N) is 1. The molecule has 3 heteroatoms. The first kappa shape index (κ1) is 16.5. The summed E-state index contributed by atoms with van der Waals surface area (Å²) in [4.78, 5) is 10.7. The molecule has 0 aromatic rings. The van der Waals surface area contributed by atoms with Crippen LogP contribution < -0.4 is 5.73 Å². The monoisotopic (exact) mass is 269 g/mol. The Kier molecular flexibility index (Phi) is 7.44. The predicted octanol–water partition coefficient (Wildman–Crippen LogP) is 3.81. The summed E-state index contributed by atoms with van der Waals surface area (Å²) in [5.74, 6) is 0.984. The number of carboxylic acids is 1. The van der Waals surface area contributed by atoms with Crippen LogP contribution in [0.5, 0.6) is 0 Å². The molecular formula is C16H31NO2. The van der Waals surface area contributed by atoms with Crippen LogP contribution in [0.3, 0.4) is 0 Å². The second-order valence-corrected chi connectivity index (χ2v) is 6.53. The zero-order valence-corrected chi connectivity index (χ0v) is 12.6. The Morgan fingerprint density at radius 1 is 1.26 bits per heavy atom. The maximum Gasteiger partial charge on any atom is 0.304 e. The molecule has 19 heavy (non-hydrogen) atoms. The second-order valence-electron chi connectivity index (χ2n) is 6.53. The maximum atomic E-state index is 10.7. The minimum atomic E-state index is -0.784. The van der Waals surface area contributed by atoms with Gasteiger partial charge in [0.15, 0.2) is 0 Å². The molecule has 1 saturated carbocycles. The summed E-state index contributed by atoms with van der Waals surface area (Å²) in [6, 6.07) is -0.206. The summed E-state index contributed by atoms with van der Waals surface area (Å²) in [5.41, 5.74) is 5.95. The lowest BCUT2D eigenvalue weighted by Gasteiger charge is -2.26. The third-order valence-electron chi connectivity index (χ3n) is 4.98. The lowest BCUT2D eigenvalue weighted by Crippen LogP contribution is -2.34. The molecule has 0 amide bonds. The van der Waals surface area contributed by atoms with Crippen molar-refractivity contribution in [1.29, 1.82) is 0 Å². The minimum absolute atomic E-state index is 0.0914. The average Bonchev–Trinajstić information content (AvgIpc) is 2.38. The van der Waals surface area contributed by atoms with Gasteiger partial charge < -0.3 is 10.8 Å². The molecule has 0 aromatic carbocycles. The molecule has 0 aliphatic heterocycles. The molecule has 1 aliphatic rings. The Hall–Kier alpha value is -0.570. The van der Waals surface area contributed by atoms with E-state index in [1.165, 1.54) is 51.4 Å². The van der Waals surface area contributed by atoms with E-state index in [1.807, 2.05) is 0 Å². The van der Waals surface area contributed by atoms with Crippen molar-refractivity contribution in [3.63, 3.8) is 0 Å². The number of hydrogen-bond donors (Lipinski definition) is 2. The van der Waals surface area contributed by atoms with Crippen LogP contribution >= 0.6 is 0 Å². The van der Waals surface area contributed by atoms with E-state index in [1.54, 1.807) is 0 Å². The van der Waals surface area contributed by atoms with Crippen LogP contribution in [0.25, 0.3) is 0 Å². The van der Waals surface area contributed by atoms with E-state index >= 15 is 0 Å². The van der Waals surface area contributed by atoms with E-state index in [9.17, 15) is 4.79 Å². The molecular weight excluding hydrogens is 238 g/mol. The Balaban J connectivity index is 2.18. The summed E-state index contributed by atoms with van der Waals surface area (Å²) < 4.78 is 0. The van der Waals surface area contributed by atoms with Crippen LogP contribution in [-0.4, -0.2) is 17.1 Å². The van der Waals surface area contributed by atoms with E-state index in [4.69, 9.17) is 10.8 Å². The van der Waals surface area contributed by atoms with E-state index in [0.29, 0.717) is 11.8 Å². The van der Waals surface area contributed by atoms with Gasteiger partial charge in [-0.2, -0.15) is 0 Å². The van der Waals surface area contributed by atoms with E-state index in [2.05, 4.69) is 13.8 Å². The van der Waals surface area contributed by atoms with Crippen LogP contribution in [0, 0.1) is 17.8 Å². The van der Waals surface area contributed by atoms with E-state index in [0.717, 1.165) is 5.92 Å². The highest BCUT2D eigenvalue weighted by Crippen LogP contribution is 2.29. The van der Waals surface area contributed by atoms with Gasteiger partial charge in [-0.3, -0.25) is 4.79 Å². The Labute approximate surface area is 118 Å². The van der Waals surface area contributed by atoms with Gasteiger partial charge in [-0.15, -0.1) is 0 Å². The van der Waals surface area contributed by atoms with Gasteiger partial charge in [0.1, 0.15) is 0 Å². The number of hydrogen-bond acceptors (Lipinski definition) is 2. The largest absolute Gasteiger partial charge is 0.481 e. The maximum absolute atomic E-state index is 10.7. The Morgan fingerprint density at radius 2 is 1.89 bits per heavy atom. The number of aliphatic carboxylic acids is 1. The molecule has 0 aromatic heterocycles. The van der Waals surface area contributed by atoms with Crippen molar-refractivity contribution in [2.24, 2.45) is 23.5 Å². The fourth-order valence-corrected chi connectivity index (χ4v) is 3.28. The van der Waals surface area contributed by atoms with Crippen LogP contribution in [-0.2, 0) is 4.79 Å². The Morgan fingerprint density at radius 3 is 2.47 bits per heavy atom. The number of carboxylic acid groups (broad SMARTS) is 1. The molecule has 0 spiro atoms. The van der Waals surface area contributed by atoms with Crippen LogP contribution in [0.4, 0.5) is 0 Å². The topological polar surface area (TPSA) is 63.3 Å². The first-order valence-corrected chi connectivity index (χ1v) is 7.98. The normalized spacial score (nSPS) is 21.8. The summed E-state index contributed by atoms with van der Waals surface area (Å²) in [6.07, 6.45) is 11.0. The molecule has 1 fully saturated rings. The molecule has 0 heterocycles. The third-order valence-corrected chi connectivity index (χ3v) is 4.98. The van der Waals surface area contributed by atoms with Gasteiger partial charge in [-0.25, -0.2) is 0 Å². The van der Waals surface area contributed by atoms with Gasteiger partial charge in [0, 0.05) is 6.04 Å².